The van der Waals surface area contributed by atoms with Crippen LogP contribution in [0.3, 0.4) is 0 Å². The van der Waals surface area contributed by atoms with Crippen molar-refractivity contribution in [2.75, 3.05) is 25.4 Å². The molecule has 1 unspecified atom stereocenters. The van der Waals surface area contributed by atoms with E-state index in [2.05, 4.69) is 36.5 Å². The molecule has 1 aromatic rings. The van der Waals surface area contributed by atoms with Crippen molar-refractivity contribution < 1.29 is 4.74 Å². The lowest BCUT2D eigenvalue weighted by molar-refractivity contribution is -0.0703. The van der Waals surface area contributed by atoms with Crippen LogP contribution in [0.1, 0.15) is 18.4 Å². The highest BCUT2D eigenvalue weighted by molar-refractivity contribution is 7.99. The predicted octanol–water partition coefficient (Wildman–Crippen LogP) is 2.25. The van der Waals surface area contributed by atoms with Crippen molar-refractivity contribution in [2.45, 2.75) is 23.3 Å². The van der Waals surface area contributed by atoms with Crippen molar-refractivity contribution in [3.63, 3.8) is 0 Å². The third-order valence-corrected chi connectivity index (χ3v) is 4.68. The first-order valence-electron chi connectivity index (χ1n) is 5.83. The van der Waals surface area contributed by atoms with Gasteiger partial charge in [0, 0.05) is 29.7 Å². The highest BCUT2D eigenvalue weighted by Gasteiger charge is 2.34. The molecule has 1 aromatic carbocycles. The van der Waals surface area contributed by atoms with Crippen molar-refractivity contribution in [3.05, 3.63) is 29.8 Å². The van der Waals surface area contributed by atoms with Gasteiger partial charge in [-0.1, -0.05) is 18.2 Å². The molecule has 1 fully saturated rings. The topological polar surface area (TPSA) is 21.3 Å². The summed E-state index contributed by atoms with van der Waals surface area (Å²) in [6.45, 7) is 5.04. The van der Waals surface area contributed by atoms with E-state index in [4.69, 9.17) is 4.74 Å². The Bertz CT molecular complexity index is 389. The van der Waals surface area contributed by atoms with Crippen molar-refractivity contribution in [1.82, 2.24) is 5.32 Å². The van der Waals surface area contributed by atoms with Gasteiger partial charge in [0.15, 0.2) is 0 Å². The van der Waals surface area contributed by atoms with Gasteiger partial charge in [0.1, 0.15) is 0 Å². The number of rotatable bonds is 3. The monoisotopic (exact) mass is 235 g/mol. The summed E-state index contributed by atoms with van der Waals surface area (Å²) < 4.78 is 6.03. The van der Waals surface area contributed by atoms with Gasteiger partial charge in [-0.3, -0.25) is 0 Å². The normalized spacial score (nSPS) is 26.2. The molecule has 2 nitrogen and oxygen atoms in total. The lowest BCUT2D eigenvalue weighted by Crippen LogP contribution is -2.59. The smallest absolute Gasteiger partial charge is 0.0902 e. The zero-order valence-corrected chi connectivity index (χ0v) is 10.3. The highest BCUT2D eigenvalue weighted by Crippen LogP contribution is 2.39. The molecular formula is C13H17NOS. The maximum Gasteiger partial charge on any atom is 0.0902 e. The molecule has 2 aliphatic rings. The van der Waals surface area contributed by atoms with Crippen LogP contribution in [0.15, 0.2) is 29.2 Å². The van der Waals surface area contributed by atoms with E-state index in [1.807, 2.05) is 11.8 Å². The minimum atomic E-state index is 0.0855. The van der Waals surface area contributed by atoms with E-state index in [1.54, 1.807) is 0 Å². The van der Waals surface area contributed by atoms with E-state index in [1.165, 1.54) is 16.2 Å². The fourth-order valence-corrected chi connectivity index (χ4v) is 3.48. The molecular weight excluding hydrogens is 218 g/mol. The maximum absolute atomic E-state index is 6.03. The van der Waals surface area contributed by atoms with Gasteiger partial charge in [-0.15, -0.1) is 11.8 Å². The Morgan fingerprint density at radius 1 is 1.44 bits per heavy atom. The van der Waals surface area contributed by atoms with E-state index in [-0.39, 0.29) is 5.60 Å². The minimum absolute atomic E-state index is 0.0855. The molecule has 2 aliphatic heterocycles. The molecule has 0 saturated carbocycles. The number of ether oxygens (including phenoxy) is 1. The minimum Gasteiger partial charge on any atom is -0.372 e. The molecule has 0 bridgehead atoms. The van der Waals surface area contributed by atoms with Crippen LogP contribution in [-0.4, -0.2) is 31.1 Å². The first-order chi connectivity index (χ1) is 7.77. The molecule has 3 heteroatoms. The zero-order chi connectivity index (χ0) is 11.0. The first kappa shape index (κ1) is 10.6. The Morgan fingerprint density at radius 3 is 3.00 bits per heavy atom. The second-order valence-electron chi connectivity index (χ2n) is 4.91. The summed E-state index contributed by atoms with van der Waals surface area (Å²) in [6, 6.07) is 8.70. The molecule has 0 aliphatic carbocycles. The number of thioether (sulfide) groups is 1. The van der Waals surface area contributed by atoms with Gasteiger partial charge in [0.2, 0.25) is 0 Å². The third kappa shape index (κ3) is 1.88. The first-order valence-corrected chi connectivity index (χ1v) is 6.82. The van der Waals surface area contributed by atoms with Crippen LogP contribution in [0, 0.1) is 0 Å². The van der Waals surface area contributed by atoms with Crippen LogP contribution in [0.5, 0.6) is 0 Å². The molecule has 0 radical (unpaired) electrons. The Hall–Kier alpha value is -0.510. The van der Waals surface area contributed by atoms with Crippen molar-refractivity contribution in [1.29, 1.82) is 0 Å². The fourth-order valence-electron chi connectivity index (χ4n) is 2.25. The fraction of sp³-hybridized carbons (Fsp3) is 0.538. The van der Waals surface area contributed by atoms with Crippen LogP contribution in [0.2, 0.25) is 0 Å². The molecule has 1 saturated heterocycles. The Balaban J connectivity index is 1.65. The molecule has 0 aromatic heterocycles. The van der Waals surface area contributed by atoms with Gasteiger partial charge in [-0.05, 0) is 18.6 Å². The molecule has 3 rings (SSSR count). The van der Waals surface area contributed by atoms with Gasteiger partial charge in [-0.25, -0.2) is 0 Å². The van der Waals surface area contributed by atoms with Crippen LogP contribution >= 0.6 is 11.8 Å². The predicted molar refractivity (Wildman–Crippen MR) is 67.1 cm³/mol. The van der Waals surface area contributed by atoms with Gasteiger partial charge in [0.25, 0.3) is 0 Å². The van der Waals surface area contributed by atoms with Gasteiger partial charge >= 0.3 is 0 Å². The average Bonchev–Trinajstić information content (AvgIpc) is 2.67. The summed E-state index contributed by atoms with van der Waals surface area (Å²) in [7, 11) is 0. The Kier molecular flexibility index (Phi) is 2.70. The summed E-state index contributed by atoms with van der Waals surface area (Å²) in [6.07, 6.45) is 0. The standard InChI is InChI=1S/C13H17NOS/c1-13(8-14-9-13)15-6-10-7-16-12-5-3-2-4-11(10)12/h2-5,10,14H,6-9H2,1H3. The third-order valence-electron chi connectivity index (χ3n) is 3.43. The van der Waals surface area contributed by atoms with Crippen LogP contribution in [-0.2, 0) is 4.74 Å². The van der Waals surface area contributed by atoms with Crippen molar-refractivity contribution in [2.24, 2.45) is 0 Å². The zero-order valence-electron chi connectivity index (χ0n) is 9.53. The van der Waals surface area contributed by atoms with E-state index >= 15 is 0 Å². The van der Waals surface area contributed by atoms with E-state index in [9.17, 15) is 0 Å². The lowest BCUT2D eigenvalue weighted by atomic mass is 9.98. The SMILES string of the molecule is CC1(OCC2CSc3ccccc32)CNC1. The second kappa shape index (κ2) is 4.06. The summed E-state index contributed by atoms with van der Waals surface area (Å²) in [4.78, 5) is 1.44. The second-order valence-corrected chi connectivity index (χ2v) is 5.97. The summed E-state index contributed by atoms with van der Waals surface area (Å²) in [5, 5.41) is 3.27. The molecule has 86 valence electrons. The quantitative estimate of drug-likeness (QED) is 0.868. The van der Waals surface area contributed by atoms with Crippen LogP contribution in [0.25, 0.3) is 0 Å². The van der Waals surface area contributed by atoms with Crippen molar-refractivity contribution >= 4 is 11.8 Å². The van der Waals surface area contributed by atoms with E-state index < -0.39 is 0 Å². The van der Waals surface area contributed by atoms with E-state index in [0.717, 1.165) is 19.7 Å². The Labute approximate surface area is 101 Å². The van der Waals surface area contributed by atoms with Crippen molar-refractivity contribution in [3.8, 4) is 0 Å². The van der Waals surface area contributed by atoms with Gasteiger partial charge in [-0.2, -0.15) is 0 Å². The number of hydrogen-bond donors (Lipinski definition) is 1. The molecule has 0 amide bonds. The van der Waals surface area contributed by atoms with Crippen LogP contribution in [0.4, 0.5) is 0 Å². The number of nitrogens with one attached hydrogen (secondary N) is 1. The Morgan fingerprint density at radius 2 is 2.25 bits per heavy atom. The maximum atomic E-state index is 6.03. The summed E-state index contributed by atoms with van der Waals surface area (Å²) in [5.74, 6) is 1.75. The van der Waals surface area contributed by atoms with Gasteiger partial charge < -0.3 is 10.1 Å². The average molecular weight is 235 g/mol. The van der Waals surface area contributed by atoms with Gasteiger partial charge in [0.05, 0.1) is 12.2 Å². The van der Waals surface area contributed by atoms with Crippen LogP contribution < -0.4 is 5.32 Å². The molecule has 16 heavy (non-hydrogen) atoms. The summed E-state index contributed by atoms with van der Waals surface area (Å²) in [5.41, 5.74) is 1.56. The van der Waals surface area contributed by atoms with E-state index in [0.29, 0.717) is 5.92 Å². The number of benzene rings is 1. The molecule has 1 atom stereocenters. The molecule has 2 heterocycles. The summed E-state index contributed by atoms with van der Waals surface area (Å²) >= 11 is 1.96. The lowest BCUT2D eigenvalue weighted by Gasteiger charge is -2.39. The molecule has 0 spiro atoms. The number of fused-ring (bicyclic) bond motifs is 1. The highest BCUT2D eigenvalue weighted by atomic mass is 32.2. The largest absolute Gasteiger partial charge is 0.372 e. The number of hydrogen-bond acceptors (Lipinski definition) is 3. The molecule has 1 N–H and O–H groups in total.